The maximum Gasteiger partial charge on any atom is 0.387 e. The zero-order valence-electron chi connectivity index (χ0n) is 13.5. The van der Waals surface area contributed by atoms with Gasteiger partial charge in [0.1, 0.15) is 16.9 Å². The lowest BCUT2D eigenvalue weighted by Gasteiger charge is -2.09. The van der Waals surface area contributed by atoms with E-state index in [2.05, 4.69) is 9.46 Å². The van der Waals surface area contributed by atoms with Gasteiger partial charge < -0.3 is 14.9 Å². The van der Waals surface area contributed by atoms with Crippen LogP contribution in [0.1, 0.15) is 17.3 Å². The highest BCUT2D eigenvalue weighted by atomic mass is 32.2. The van der Waals surface area contributed by atoms with Gasteiger partial charge in [-0.1, -0.05) is 0 Å². The van der Waals surface area contributed by atoms with E-state index >= 15 is 0 Å². The molecule has 0 unspecified atom stereocenters. The number of hydrogen-bond donors (Lipinski definition) is 2. The fourth-order valence-electron chi connectivity index (χ4n) is 2.60. The van der Waals surface area contributed by atoms with Gasteiger partial charge in [-0.25, -0.2) is 8.42 Å². The molecule has 1 aromatic heterocycles. The van der Waals surface area contributed by atoms with E-state index in [0.29, 0.717) is 11.0 Å². The number of primary amides is 1. The summed E-state index contributed by atoms with van der Waals surface area (Å²) in [5.74, 6) is -1.49. The van der Waals surface area contributed by atoms with Gasteiger partial charge in [0, 0.05) is 16.5 Å². The molecule has 0 aliphatic carbocycles. The molecular weight excluding hydrogens is 370 g/mol. The number of anilines is 1. The molecule has 0 spiro atoms. The number of sulfonamides is 1. The molecule has 3 N–H and O–H groups in total. The van der Waals surface area contributed by atoms with Crippen LogP contribution < -0.4 is 15.2 Å². The summed E-state index contributed by atoms with van der Waals surface area (Å²) in [6, 6.07) is 6.96. The summed E-state index contributed by atoms with van der Waals surface area (Å²) in [6.07, 6.45) is 0. The summed E-state index contributed by atoms with van der Waals surface area (Å²) in [7, 11) is -3.52. The zero-order chi connectivity index (χ0) is 19.1. The predicted molar refractivity (Wildman–Crippen MR) is 92.0 cm³/mol. The third-order valence-corrected chi connectivity index (χ3v) is 5.02. The molecule has 1 amide bonds. The van der Waals surface area contributed by atoms with Crippen molar-refractivity contribution in [1.82, 2.24) is 0 Å². The first-order chi connectivity index (χ1) is 12.2. The number of furan rings is 1. The number of alkyl halides is 2. The molecule has 0 atom stereocenters. The summed E-state index contributed by atoms with van der Waals surface area (Å²) in [6.45, 7) is -1.66. The van der Waals surface area contributed by atoms with Gasteiger partial charge >= 0.3 is 6.61 Å². The minimum absolute atomic E-state index is 0.129. The van der Waals surface area contributed by atoms with Gasteiger partial charge in [-0.2, -0.15) is 8.78 Å². The van der Waals surface area contributed by atoms with Gasteiger partial charge in [-0.15, -0.1) is 0 Å². The Bertz CT molecular complexity index is 1110. The zero-order valence-corrected chi connectivity index (χ0v) is 14.3. The highest BCUT2D eigenvalue weighted by molar-refractivity contribution is 7.92. The minimum atomic E-state index is -3.52. The lowest BCUT2D eigenvalue weighted by Crippen LogP contribution is -2.15. The number of halogens is 2. The van der Waals surface area contributed by atoms with E-state index in [4.69, 9.17) is 10.2 Å². The van der Waals surface area contributed by atoms with Gasteiger partial charge in [0.2, 0.25) is 10.0 Å². The average Bonchev–Trinajstić information content (AvgIpc) is 2.91. The van der Waals surface area contributed by atoms with Crippen molar-refractivity contribution in [2.24, 2.45) is 5.73 Å². The van der Waals surface area contributed by atoms with E-state index < -0.39 is 22.5 Å². The molecule has 7 nitrogen and oxygen atoms in total. The number of fused-ring (bicyclic) bond motifs is 3. The van der Waals surface area contributed by atoms with Crippen molar-refractivity contribution in [2.75, 3.05) is 10.5 Å². The number of amides is 1. The van der Waals surface area contributed by atoms with E-state index in [-0.39, 0.29) is 33.7 Å². The van der Waals surface area contributed by atoms with E-state index in [1.807, 2.05) is 0 Å². The molecule has 0 saturated carbocycles. The minimum Gasteiger partial charge on any atom is -0.456 e. The fourth-order valence-corrected chi connectivity index (χ4v) is 3.23. The molecule has 0 aliphatic heterocycles. The van der Waals surface area contributed by atoms with Crippen LogP contribution in [-0.2, 0) is 10.0 Å². The normalized spacial score (nSPS) is 12.0. The Hall–Kier alpha value is -2.88. The summed E-state index contributed by atoms with van der Waals surface area (Å²) >= 11 is 0. The molecule has 2 aromatic carbocycles. The van der Waals surface area contributed by atoms with Crippen LogP contribution >= 0.6 is 0 Å². The Morgan fingerprint density at radius 1 is 1.27 bits per heavy atom. The van der Waals surface area contributed by atoms with Crippen LogP contribution in [0.5, 0.6) is 5.75 Å². The fraction of sp³-hybridized carbons (Fsp3) is 0.188. The second kappa shape index (κ2) is 6.45. The van der Waals surface area contributed by atoms with Gasteiger partial charge in [0.25, 0.3) is 5.91 Å². The molecule has 26 heavy (non-hydrogen) atoms. The summed E-state index contributed by atoms with van der Waals surface area (Å²) in [5, 5.41) is 0.507. The van der Waals surface area contributed by atoms with Crippen molar-refractivity contribution in [3.8, 4) is 5.75 Å². The lowest BCUT2D eigenvalue weighted by atomic mass is 10.0. The third-order valence-electron chi connectivity index (χ3n) is 3.71. The van der Waals surface area contributed by atoms with E-state index in [9.17, 15) is 22.0 Å². The first kappa shape index (κ1) is 17.9. The molecule has 0 aliphatic rings. The van der Waals surface area contributed by atoms with Crippen LogP contribution in [0.15, 0.2) is 34.7 Å². The smallest absolute Gasteiger partial charge is 0.387 e. The maximum absolute atomic E-state index is 12.6. The molecule has 1 heterocycles. The summed E-state index contributed by atoms with van der Waals surface area (Å²) < 4.78 is 61.1. The highest BCUT2D eigenvalue weighted by Crippen LogP contribution is 2.37. The van der Waals surface area contributed by atoms with Crippen molar-refractivity contribution < 1.29 is 31.1 Å². The lowest BCUT2D eigenvalue weighted by molar-refractivity contribution is -0.0500. The van der Waals surface area contributed by atoms with Gasteiger partial charge in [-0.3, -0.25) is 9.52 Å². The second-order valence-corrected chi connectivity index (χ2v) is 7.38. The van der Waals surface area contributed by atoms with Crippen LogP contribution in [0.4, 0.5) is 14.5 Å². The van der Waals surface area contributed by atoms with Crippen molar-refractivity contribution >= 4 is 43.6 Å². The van der Waals surface area contributed by atoms with Crippen molar-refractivity contribution in [3.05, 3.63) is 35.9 Å². The maximum atomic E-state index is 12.6. The topological polar surface area (TPSA) is 112 Å². The van der Waals surface area contributed by atoms with Gasteiger partial charge in [-0.05, 0) is 37.3 Å². The Balaban J connectivity index is 2.28. The van der Waals surface area contributed by atoms with Crippen LogP contribution in [0.25, 0.3) is 21.9 Å². The van der Waals surface area contributed by atoms with Crippen molar-refractivity contribution in [3.63, 3.8) is 0 Å². The van der Waals surface area contributed by atoms with Crippen molar-refractivity contribution in [1.29, 1.82) is 0 Å². The van der Waals surface area contributed by atoms with Crippen LogP contribution in [-0.4, -0.2) is 26.7 Å². The Morgan fingerprint density at radius 3 is 2.58 bits per heavy atom. The number of nitrogens with two attached hydrogens (primary N) is 1. The number of carbonyl (C=O) groups is 1. The van der Waals surface area contributed by atoms with E-state index in [0.717, 1.165) is 6.07 Å². The first-order valence-corrected chi connectivity index (χ1v) is 9.11. The Labute approximate surface area is 146 Å². The SMILES string of the molecule is CCS(=O)(=O)Nc1ccc2oc3ccc(OC(F)F)c(C(N)=O)c3c2c1. The number of benzene rings is 2. The van der Waals surface area contributed by atoms with Crippen LogP contribution in [0, 0.1) is 0 Å². The molecule has 0 saturated heterocycles. The number of carbonyl (C=O) groups excluding carboxylic acids is 1. The van der Waals surface area contributed by atoms with Gasteiger partial charge in [0.15, 0.2) is 0 Å². The molecule has 0 radical (unpaired) electrons. The summed E-state index contributed by atoms with van der Waals surface area (Å²) in [4.78, 5) is 11.9. The molecule has 0 bridgehead atoms. The molecule has 138 valence electrons. The Morgan fingerprint density at radius 2 is 1.96 bits per heavy atom. The monoisotopic (exact) mass is 384 g/mol. The molecular formula is C16H14F2N2O5S. The average molecular weight is 384 g/mol. The first-order valence-electron chi connectivity index (χ1n) is 7.46. The van der Waals surface area contributed by atoms with E-state index in [1.165, 1.54) is 31.2 Å². The highest BCUT2D eigenvalue weighted by Gasteiger charge is 2.22. The number of hydrogen-bond acceptors (Lipinski definition) is 5. The number of nitrogens with one attached hydrogen (secondary N) is 1. The standard InChI is InChI=1S/C16H14F2N2O5S/c1-2-26(22,23)20-8-3-4-10-9(7-8)13-11(24-10)5-6-12(25-16(17)18)14(13)15(19)21/h3-7,16,20H,2H2,1H3,(H2,19,21). The molecule has 3 aromatic rings. The summed E-state index contributed by atoms with van der Waals surface area (Å²) in [5.41, 5.74) is 5.88. The largest absolute Gasteiger partial charge is 0.456 e. The Kier molecular flexibility index (Phi) is 4.45. The van der Waals surface area contributed by atoms with E-state index in [1.54, 1.807) is 0 Å². The predicted octanol–water partition coefficient (Wildman–Crippen LogP) is 3.05. The third kappa shape index (κ3) is 3.27. The number of rotatable bonds is 6. The second-order valence-electron chi connectivity index (χ2n) is 5.37. The number of ether oxygens (including phenoxy) is 1. The molecule has 3 rings (SSSR count). The van der Waals surface area contributed by atoms with Crippen LogP contribution in [0.2, 0.25) is 0 Å². The quantitative estimate of drug-likeness (QED) is 0.678. The van der Waals surface area contributed by atoms with Crippen LogP contribution in [0.3, 0.4) is 0 Å². The van der Waals surface area contributed by atoms with Gasteiger partial charge in [0.05, 0.1) is 11.3 Å². The van der Waals surface area contributed by atoms with Crippen molar-refractivity contribution in [2.45, 2.75) is 13.5 Å². The molecule has 0 fully saturated rings. The molecule has 10 heteroatoms.